The SMILES string of the molecule is CC(C)(C)OC(=O)NCCc1ccc(CNCc2ccoc2)cc1. The quantitative estimate of drug-likeness (QED) is 0.813. The van der Waals surface area contributed by atoms with E-state index >= 15 is 0 Å². The third kappa shape index (κ3) is 6.87. The summed E-state index contributed by atoms with van der Waals surface area (Å²) in [5.74, 6) is 0. The zero-order chi connectivity index (χ0) is 17.4. The molecular formula is C19H26N2O3. The topological polar surface area (TPSA) is 63.5 Å². The first-order valence-electron chi connectivity index (χ1n) is 8.19. The average Bonchev–Trinajstić information content (AvgIpc) is 3.00. The van der Waals surface area contributed by atoms with Gasteiger partial charge in [-0.1, -0.05) is 24.3 Å². The molecular weight excluding hydrogens is 304 g/mol. The Labute approximate surface area is 143 Å². The van der Waals surface area contributed by atoms with Crippen molar-refractivity contribution in [3.05, 3.63) is 59.5 Å². The summed E-state index contributed by atoms with van der Waals surface area (Å²) in [6.45, 7) is 7.72. The minimum atomic E-state index is -0.463. The van der Waals surface area contributed by atoms with E-state index in [1.165, 1.54) is 11.1 Å². The number of furan rings is 1. The first-order valence-corrected chi connectivity index (χ1v) is 8.19. The van der Waals surface area contributed by atoms with Gasteiger partial charge in [0, 0.05) is 25.2 Å². The second kappa shape index (κ2) is 8.55. The van der Waals surface area contributed by atoms with E-state index in [-0.39, 0.29) is 6.09 Å². The maximum atomic E-state index is 11.6. The molecule has 0 unspecified atom stereocenters. The summed E-state index contributed by atoms with van der Waals surface area (Å²) >= 11 is 0. The number of hydrogen-bond donors (Lipinski definition) is 2. The second-order valence-corrected chi connectivity index (χ2v) is 6.73. The number of benzene rings is 1. The monoisotopic (exact) mass is 330 g/mol. The Balaban J connectivity index is 1.67. The van der Waals surface area contributed by atoms with Crippen LogP contribution in [0.4, 0.5) is 4.79 Å². The second-order valence-electron chi connectivity index (χ2n) is 6.73. The van der Waals surface area contributed by atoms with Crippen molar-refractivity contribution in [3.8, 4) is 0 Å². The van der Waals surface area contributed by atoms with E-state index in [2.05, 4.69) is 34.9 Å². The van der Waals surface area contributed by atoms with Gasteiger partial charge in [0.1, 0.15) is 5.60 Å². The van der Waals surface area contributed by atoms with Gasteiger partial charge in [0.15, 0.2) is 0 Å². The van der Waals surface area contributed by atoms with Gasteiger partial charge in [0.25, 0.3) is 0 Å². The summed E-state index contributed by atoms with van der Waals surface area (Å²) in [6, 6.07) is 10.3. The lowest BCUT2D eigenvalue weighted by Gasteiger charge is -2.19. The van der Waals surface area contributed by atoms with Gasteiger partial charge in [-0.3, -0.25) is 0 Å². The highest BCUT2D eigenvalue weighted by atomic mass is 16.6. The standard InChI is InChI=1S/C19H26N2O3/c1-19(2,3)24-18(22)21-10-8-15-4-6-16(7-5-15)12-20-13-17-9-11-23-14-17/h4-7,9,11,14,20H,8,10,12-13H2,1-3H3,(H,21,22). The van der Waals surface area contributed by atoms with Crippen molar-refractivity contribution in [2.75, 3.05) is 6.54 Å². The zero-order valence-corrected chi connectivity index (χ0v) is 14.6. The smallest absolute Gasteiger partial charge is 0.407 e. The number of alkyl carbamates (subject to hydrolysis) is 1. The van der Waals surface area contributed by atoms with Gasteiger partial charge >= 0.3 is 6.09 Å². The number of carbonyl (C=O) groups is 1. The van der Waals surface area contributed by atoms with Crippen LogP contribution in [0.3, 0.4) is 0 Å². The predicted octanol–water partition coefficient (Wildman–Crippen LogP) is 3.64. The van der Waals surface area contributed by atoms with Crippen molar-refractivity contribution in [1.29, 1.82) is 0 Å². The molecule has 1 aromatic heterocycles. The molecule has 24 heavy (non-hydrogen) atoms. The van der Waals surface area contributed by atoms with Crippen LogP contribution in [-0.4, -0.2) is 18.2 Å². The van der Waals surface area contributed by atoms with Gasteiger partial charge in [-0.15, -0.1) is 0 Å². The van der Waals surface area contributed by atoms with Crippen LogP contribution in [0.25, 0.3) is 0 Å². The third-order valence-electron chi connectivity index (χ3n) is 3.34. The van der Waals surface area contributed by atoms with Gasteiger partial charge < -0.3 is 19.8 Å². The zero-order valence-electron chi connectivity index (χ0n) is 14.6. The van der Waals surface area contributed by atoms with E-state index in [0.29, 0.717) is 6.54 Å². The molecule has 0 saturated heterocycles. The highest BCUT2D eigenvalue weighted by Crippen LogP contribution is 2.08. The highest BCUT2D eigenvalue weighted by Gasteiger charge is 2.15. The van der Waals surface area contributed by atoms with Crippen molar-refractivity contribution in [1.82, 2.24) is 10.6 Å². The molecule has 0 aliphatic heterocycles. The Bertz CT molecular complexity index is 613. The fraction of sp³-hybridized carbons (Fsp3) is 0.421. The molecule has 0 radical (unpaired) electrons. The van der Waals surface area contributed by atoms with E-state index in [0.717, 1.165) is 25.1 Å². The molecule has 0 saturated carbocycles. The van der Waals surface area contributed by atoms with E-state index in [9.17, 15) is 4.79 Å². The Kier molecular flexibility index (Phi) is 6.44. The van der Waals surface area contributed by atoms with Gasteiger partial charge in [-0.25, -0.2) is 4.79 Å². The van der Waals surface area contributed by atoms with E-state index < -0.39 is 5.60 Å². The van der Waals surface area contributed by atoms with Crippen LogP contribution in [0.1, 0.15) is 37.5 Å². The fourth-order valence-electron chi connectivity index (χ4n) is 2.19. The highest BCUT2D eigenvalue weighted by molar-refractivity contribution is 5.67. The van der Waals surface area contributed by atoms with Crippen molar-refractivity contribution in [2.45, 2.75) is 45.9 Å². The van der Waals surface area contributed by atoms with Crippen molar-refractivity contribution >= 4 is 6.09 Å². The summed E-state index contributed by atoms with van der Waals surface area (Å²) in [5, 5.41) is 6.14. The maximum absolute atomic E-state index is 11.6. The third-order valence-corrected chi connectivity index (χ3v) is 3.34. The molecule has 0 fully saturated rings. The first kappa shape index (κ1) is 18.1. The molecule has 0 bridgehead atoms. The number of amides is 1. The Morgan fingerprint density at radius 2 is 1.71 bits per heavy atom. The molecule has 2 N–H and O–H groups in total. The lowest BCUT2D eigenvalue weighted by molar-refractivity contribution is 0.0528. The average molecular weight is 330 g/mol. The molecule has 0 aliphatic rings. The number of ether oxygens (including phenoxy) is 1. The van der Waals surface area contributed by atoms with Crippen molar-refractivity contribution < 1.29 is 13.9 Å². The van der Waals surface area contributed by atoms with Crippen LogP contribution in [0, 0.1) is 0 Å². The van der Waals surface area contributed by atoms with Crippen LogP contribution >= 0.6 is 0 Å². The predicted molar refractivity (Wildman–Crippen MR) is 93.6 cm³/mol. The molecule has 0 spiro atoms. The summed E-state index contributed by atoms with van der Waals surface area (Å²) in [5.41, 5.74) is 3.08. The Morgan fingerprint density at radius 1 is 1.04 bits per heavy atom. The summed E-state index contributed by atoms with van der Waals surface area (Å²) in [7, 11) is 0. The number of hydrogen-bond acceptors (Lipinski definition) is 4. The molecule has 130 valence electrons. The van der Waals surface area contributed by atoms with Crippen molar-refractivity contribution in [2.24, 2.45) is 0 Å². The normalized spacial score (nSPS) is 11.3. The fourth-order valence-corrected chi connectivity index (χ4v) is 2.19. The van der Waals surface area contributed by atoms with E-state index in [4.69, 9.17) is 9.15 Å². The maximum Gasteiger partial charge on any atom is 0.407 e. The molecule has 2 aromatic rings. The Morgan fingerprint density at radius 3 is 2.33 bits per heavy atom. The lowest BCUT2D eigenvalue weighted by atomic mass is 10.1. The molecule has 1 aromatic carbocycles. The van der Waals surface area contributed by atoms with Crippen LogP contribution in [0.2, 0.25) is 0 Å². The number of nitrogens with one attached hydrogen (secondary N) is 2. The molecule has 0 aliphatic carbocycles. The van der Waals surface area contributed by atoms with E-state index in [1.807, 2.05) is 26.8 Å². The minimum absolute atomic E-state index is 0.373. The van der Waals surface area contributed by atoms with Crippen LogP contribution in [0.5, 0.6) is 0 Å². The van der Waals surface area contributed by atoms with Gasteiger partial charge in [0.05, 0.1) is 12.5 Å². The van der Waals surface area contributed by atoms with E-state index in [1.54, 1.807) is 12.5 Å². The summed E-state index contributed by atoms with van der Waals surface area (Å²) in [6.07, 6.45) is 3.83. The van der Waals surface area contributed by atoms with Crippen molar-refractivity contribution in [3.63, 3.8) is 0 Å². The summed E-state index contributed by atoms with van der Waals surface area (Å²) < 4.78 is 10.2. The van der Waals surface area contributed by atoms with Crippen LogP contribution < -0.4 is 10.6 Å². The molecule has 1 heterocycles. The van der Waals surface area contributed by atoms with Gasteiger partial charge in [-0.05, 0) is 44.4 Å². The van der Waals surface area contributed by atoms with Crippen LogP contribution in [0.15, 0.2) is 47.3 Å². The molecule has 1 amide bonds. The minimum Gasteiger partial charge on any atom is -0.472 e. The van der Waals surface area contributed by atoms with Gasteiger partial charge in [0.2, 0.25) is 0 Å². The number of carbonyl (C=O) groups excluding carboxylic acids is 1. The van der Waals surface area contributed by atoms with Gasteiger partial charge in [-0.2, -0.15) is 0 Å². The van der Waals surface area contributed by atoms with Crippen LogP contribution in [-0.2, 0) is 24.2 Å². The molecule has 5 heteroatoms. The Hall–Kier alpha value is -2.27. The molecule has 2 rings (SSSR count). The number of rotatable bonds is 7. The largest absolute Gasteiger partial charge is 0.472 e. The first-order chi connectivity index (χ1) is 11.4. The molecule has 5 nitrogen and oxygen atoms in total. The summed E-state index contributed by atoms with van der Waals surface area (Å²) in [4.78, 5) is 11.6. The molecule has 0 atom stereocenters. The lowest BCUT2D eigenvalue weighted by Crippen LogP contribution is -2.33.